The molecule has 0 radical (unpaired) electrons. The number of hydrogen-bond donors (Lipinski definition) is 2. The Morgan fingerprint density at radius 1 is 1.13 bits per heavy atom. The van der Waals surface area contributed by atoms with E-state index >= 15 is 0 Å². The average Bonchev–Trinajstić information content (AvgIpc) is 3.29. The quantitative estimate of drug-likeness (QED) is 0.406. The van der Waals surface area contributed by atoms with E-state index in [2.05, 4.69) is 5.32 Å². The molecule has 3 rings (SSSR count). The fourth-order valence-corrected chi connectivity index (χ4v) is 3.91. The van der Waals surface area contributed by atoms with Gasteiger partial charge in [-0.2, -0.15) is 0 Å². The van der Waals surface area contributed by atoms with Crippen molar-refractivity contribution in [2.45, 2.75) is 19.4 Å². The predicted octanol–water partition coefficient (Wildman–Crippen LogP) is 4.29. The van der Waals surface area contributed by atoms with E-state index in [-0.39, 0.29) is 17.9 Å². The molecule has 31 heavy (non-hydrogen) atoms. The van der Waals surface area contributed by atoms with Gasteiger partial charge in [-0.3, -0.25) is 14.5 Å². The lowest BCUT2D eigenvalue weighted by Gasteiger charge is -2.22. The van der Waals surface area contributed by atoms with Gasteiger partial charge in [-0.15, -0.1) is 11.3 Å². The SMILES string of the molecule is CCOC(=O)C(Cc1ccc(C(=O)Nc2cc(-c3cccs3)ccc2N)cc1)N(C)C. The van der Waals surface area contributed by atoms with Crippen molar-refractivity contribution in [2.75, 3.05) is 31.8 Å². The number of carbonyl (C=O) groups is 2. The summed E-state index contributed by atoms with van der Waals surface area (Å²) in [5.41, 5.74) is 9.62. The van der Waals surface area contributed by atoms with Gasteiger partial charge in [-0.05, 0) is 74.3 Å². The molecule has 0 spiro atoms. The van der Waals surface area contributed by atoms with Gasteiger partial charge in [-0.1, -0.05) is 24.3 Å². The van der Waals surface area contributed by atoms with Crippen molar-refractivity contribution in [1.82, 2.24) is 4.90 Å². The third-order valence-electron chi connectivity index (χ3n) is 4.93. The van der Waals surface area contributed by atoms with Crippen LogP contribution in [0.25, 0.3) is 10.4 Å². The zero-order valence-electron chi connectivity index (χ0n) is 17.9. The molecule has 0 bridgehead atoms. The van der Waals surface area contributed by atoms with Crippen LogP contribution in [0.4, 0.5) is 11.4 Å². The molecule has 6 nitrogen and oxygen atoms in total. The summed E-state index contributed by atoms with van der Waals surface area (Å²) in [4.78, 5) is 27.9. The molecular formula is C24H27N3O3S. The van der Waals surface area contributed by atoms with Gasteiger partial charge in [-0.25, -0.2) is 0 Å². The van der Waals surface area contributed by atoms with Crippen LogP contribution in [-0.4, -0.2) is 43.5 Å². The molecule has 3 aromatic rings. The van der Waals surface area contributed by atoms with Gasteiger partial charge in [0.05, 0.1) is 18.0 Å². The number of anilines is 2. The molecule has 1 amide bonds. The summed E-state index contributed by atoms with van der Waals surface area (Å²) >= 11 is 1.63. The Balaban J connectivity index is 1.71. The molecule has 2 aromatic carbocycles. The Kier molecular flexibility index (Phi) is 7.44. The minimum Gasteiger partial charge on any atom is -0.465 e. The summed E-state index contributed by atoms with van der Waals surface area (Å²) in [6, 6.07) is 16.5. The minimum absolute atomic E-state index is 0.240. The van der Waals surface area contributed by atoms with E-state index in [1.807, 2.05) is 60.8 Å². The Morgan fingerprint density at radius 2 is 1.87 bits per heavy atom. The summed E-state index contributed by atoms with van der Waals surface area (Å²) in [5, 5.41) is 4.91. The van der Waals surface area contributed by atoms with E-state index in [9.17, 15) is 9.59 Å². The van der Waals surface area contributed by atoms with Crippen molar-refractivity contribution in [3.63, 3.8) is 0 Å². The van der Waals surface area contributed by atoms with Gasteiger partial charge < -0.3 is 15.8 Å². The summed E-state index contributed by atoms with van der Waals surface area (Å²) in [7, 11) is 3.69. The van der Waals surface area contributed by atoms with Crippen molar-refractivity contribution in [3.8, 4) is 10.4 Å². The third kappa shape index (κ3) is 5.71. The summed E-state index contributed by atoms with van der Waals surface area (Å²) < 4.78 is 5.16. The van der Waals surface area contributed by atoms with Crippen LogP contribution in [0.2, 0.25) is 0 Å². The Morgan fingerprint density at radius 3 is 2.48 bits per heavy atom. The van der Waals surface area contributed by atoms with Crippen molar-refractivity contribution in [3.05, 3.63) is 71.1 Å². The number of nitrogens with one attached hydrogen (secondary N) is 1. The Labute approximate surface area is 186 Å². The molecule has 1 atom stereocenters. The predicted molar refractivity (Wildman–Crippen MR) is 126 cm³/mol. The lowest BCUT2D eigenvalue weighted by molar-refractivity contribution is -0.148. The van der Waals surface area contributed by atoms with Crippen LogP contribution in [0.15, 0.2) is 60.0 Å². The van der Waals surface area contributed by atoms with Gasteiger partial charge in [0.15, 0.2) is 0 Å². The number of carbonyl (C=O) groups excluding carboxylic acids is 2. The second-order valence-corrected chi connectivity index (χ2v) is 8.31. The first-order valence-corrected chi connectivity index (χ1v) is 10.9. The standard InChI is InChI=1S/C24H27N3O3S/c1-4-30-24(29)21(27(2)3)14-16-7-9-17(10-8-16)23(28)26-20-15-18(11-12-19(20)25)22-6-5-13-31-22/h5-13,15,21H,4,14,25H2,1-3H3,(H,26,28). The number of nitrogens with two attached hydrogens (primary N) is 1. The Bertz CT molecular complexity index is 1030. The first-order chi connectivity index (χ1) is 14.9. The van der Waals surface area contributed by atoms with Crippen LogP contribution in [0.3, 0.4) is 0 Å². The molecule has 1 unspecified atom stereocenters. The highest BCUT2D eigenvalue weighted by molar-refractivity contribution is 7.13. The number of benzene rings is 2. The Hall–Kier alpha value is -3.16. The molecule has 0 saturated heterocycles. The van der Waals surface area contributed by atoms with Crippen molar-refractivity contribution < 1.29 is 14.3 Å². The number of hydrogen-bond acceptors (Lipinski definition) is 6. The second-order valence-electron chi connectivity index (χ2n) is 7.37. The van der Waals surface area contributed by atoms with Crippen molar-refractivity contribution in [2.24, 2.45) is 0 Å². The summed E-state index contributed by atoms with van der Waals surface area (Å²) in [5.74, 6) is -0.494. The first-order valence-electron chi connectivity index (χ1n) is 10.1. The van der Waals surface area contributed by atoms with Crippen LogP contribution in [0, 0.1) is 0 Å². The maximum absolute atomic E-state index is 12.8. The molecule has 0 aliphatic heterocycles. The van der Waals surface area contributed by atoms with Crippen LogP contribution < -0.4 is 11.1 Å². The van der Waals surface area contributed by atoms with Gasteiger partial charge >= 0.3 is 5.97 Å². The van der Waals surface area contributed by atoms with Gasteiger partial charge in [0.2, 0.25) is 0 Å². The van der Waals surface area contributed by atoms with E-state index in [4.69, 9.17) is 10.5 Å². The smallest absolute Gasteiger partial charge is 0.323 e. The highest BCUT2D eigenvalue weighted by Crippen LogP contribution is 2.30. The molecule has 3 N–H and O–H groups in total. The van der Waals surface area contributed by atoms with E-state index < -0.39 is 0 Å². The lowest BCUT2D eigenvalue weighted by atomic mass is 10.0. The van der Waals surface area contributed by atoms with Crippen LogP contribution >= 0.6 is 11.3 Å². The molecule has 1 aromatic heterocycles. The normalized spacial score (nSPS) is 11.9. The lowest BCUT2D eigenvalue weighted by Crippen LogP contribution is -2.39. The zero-order chi connectivity index (χ0) is 22.4. The van der Waals surface area contributed by atoms with E-state index in [1.165, 1.54) is 0 Å². The van der Waals surface area contributed by atoms with Crippen LogP contribution in [0.1, 0.15) is 22.8 Å². The maximum atomic E-state index is 12.8. The third-order valence-corrected chi connectivity index (χ3v) is 5.85. The summed E-state index contributed by atoms with van der Waals surface area (Å²) in [6.45, 7) is 2.14. The number of thiophene rings is 1. The van der Waals surface area contributed by atoms with Crippen molar-refractivity contribution in [1.29, 1.82) is 0 Å². The highest BCUT2D eigenvalue weighted by atomic mass is 32.1. The fraction of sp³-hybridized carbons (Fsp3) is 0.250. The van der Waals surface area contributed by atoms with Crippen molar-refractivity contribution >= 4 is 34.6 Å². The number of likely N-dealkylation sites (N-methyl/N-ethyl adjacent to an activating group) is 1. The molecule has 7 heteroatoms. The monoisotopic (exact) mass is 437 g/mol. The molecule has 1 heterocycles. The fourth-order valence-electron chi connectivity index (χ4n) is 3.19. The van der Waals surface area contributed by atoms with Crippen LogP contribution in [0.5, 0.6) is 0 Å². The number of ether oxygens (including phenoxy) is 1. The largest absolute Gasteiger partial charge is 0.465 e. The number of amides is 1. The van der Waals surface area contributed by atoms with E-state index in [1.54, 1.807) is 36.5 Å². The number of rotatable bonds is 8. The van der Waals surface area contributed by atoms with E-state index in [0.29, 0.717) is 30.0 Å². The van der Waals surface area contributed by atoms with Gasteiger partial charge in [0, 0.05) is 10.4 Å². The second kappa shape index (κ2) is 10.2. The first kappa shape index (κ1) is 22.5. The number of nitrogen functional groups attached to an aromatic ring is 1. The van der Waals surface area contributed by atoms with Gasteiger partial charge in [0.1, 0.15) is 6.04 Å². The molecular weight excluding hydrogens is 410 g/mol. The molecule has 0 saturated carbocycles. The molecule has 0 aliphatic carbocycles. The number of nitrogens with zero attached hydrogens (tertiary/aromatic N) is 1. The molecule has 0 aliphatic rings. The topological polar surface area (TPSA) is 84.7 Å². The zero-order valence-corrected chi connectivity index (χ0v) is 18.7. The minimum atomic E-state index is -0.376. The van der Waals surface area contributed by atoms with E-state index in [0.717, 1.165) is 16.0 Å². The number of esters is 1. The van der Waals surface area contributed by atoms with Gasteiger partial charge in [0.25, 0.3) is 5.91 Å². The highest BCUT2D eigenvalue weighted by Gasteiger charge is 2.22. The molecule has 0 fully saturated rings. The maximum Gasteiger partial charge on any atom is 0.323 e. The van der Waals surface area contributed by atoms with Crippen LogP contribution in [-0.2, 0) is 16.0 Å². The average molecular weight is 438 g/mol. The summed E-state index contributed by atoms with van der Waals surface area (Å²) in [6.07, 6.45) is 0.504. The molecule has 162 valence electrons.